The highest BCUT2D eigenvalue weighted by Gasteiger charge is 2.26. The van der Waals surface area contributed by atoms with E-state index in [2.05, 4.69) is 4.74 Å². The van der Waals surface area contributed by atoms with Crippen LogP contribution in [0.15, 0.2) is 18.2 Å². The average Bonchev–Trinajstić information content (AvgIpc) is 2.80. The molecule has 1 aliphatic heterocycles. The van der Waals surface area contributed by atoms with Crippen molar-refractivity contribution in [1.82, 2.24) is 0 Å². The molecule has 1 N–H and O–H groups in total. The lowest BCUT2D eigenvalue weighted by atomic mass is 9.98. The van der Waals surface area contributed by atoms with Gasteiger partial charge in [-0.2, -0.15) is 0 Å². The first kappa shape index (κ1) is 12.7. The number of hydrogen-bond acceptors (Lipinski definition) is 5. The quantitative estimate of drug-likeness (QED) is 0.795. The van der Waals surface area contributed by atoms with Gasteiger partial charge in [-0.3, -0.25) is 0 Å². The summed E-state index contributed by atoms with van der Waals surface area (Å²) in [5.41, 5.74) is 1.02. The van der Waals surface area contributed by atoms with Crippen LogP contribution in [0.4, 0.5) is 0 Å². The maximum atomic E-state index is 11.0. The molecule has 0 saturated heterocycles. The molecule has 98 valence electrons. The second-order valence-corrected chi connectivity index (χ2v) is 4.06. The monoisotopic (exact) mass is 252 g/mol. The van der Waals surface area contributed by atoms with Crippen LogP contribution >= 0.6 is 0 Å². The molecule has 0 aromatic heterocycles. The molecule has 0 aliphatic carbocycles. The maximum Gasteiger partial charge on any atom is 0.343 e. The number of hydrogen-bond donors (Lipinski definition) is 1. The Bertz CT molecular complexity index is 429. The zero-order valence-electron chi connectivity index (χ0n) is 10.2. The molecule has 1 unspecified atom stereocenters. The van der Waals surface area contributed by atoms with Crippen LogP contribution in [0.1, 0.15) is 17.9 Å². The van der Waals surface area contributed by atoms with E-state index < -0.39 is 5.97 Å². The zero-order valence-corrected chi connectivity index (χ0v) is 10.2. The van der Waals surface area contributed by atoms with Crippen molar-refractivity contribution in [2.24, 2.45) is 0 Å². The number of aliphatic hydroxyl groups excluding tert-OH is 1. The van der Waals surface area contributed by atoms with Gasteiger partial charge in [-0.05, 0) is 12.5 Å². The van der Waals surface area contributed by atoms with Gasteiger partial charge in [0.05, 0.1) is 13.7 Å². The van der Waals surface area contributed by atoms with Gasteiger partial charge in [-0.15, -0.1) is 0 Å². The minimum absolute atomic E-state index is 0.126. The number of methoxy groups -OCH3 is 1. The molecule has 2 rings (SSSR count). The second kappa shape index (κ2) is 5.73. The molecule has 1 aromatic carbocycles. The van der Waals surface area contributed by atoms with Crippen molar-refractivity contribution < 1.29 is 24.1 Å². The largest absolute Gasteiger partial charge is 0.489 e. The van der Waals surface area contributed by atoms with Crippen molar-refractivity contribution in [2.75, 3.05) is 26.9 Å². The van der Waals surface area contributed by atoms with Gasteiger partial charge in [0.1, 0.15) is 0 Å². The van der Waals surface area contributed by atoms with E-state index in [0.717, 1.165) is 5.56 Å². The lowest BCUT2D eigenvalue weighted by molar-refractivity contribution is -0.142. The number of aliphatic hydroxyl groups is 1. The van der Waals surface area contributed by atoms with Gasteiger partial charge in [0.2, 0.25) is 0 Å². The average molecular weight is 252 g/mol. The number of fused-ring (bicyclic) bond motifs is 1. The third-order valence-corrected chi connectivity index (χ3v) is 2.93. The van der Waals surface area contributed by atoms with Crippen molar-refractivity contribution in [2.45, 2.75) is 12.3 Å². The minimum Gasteiger partial charge on any atom is -0.489 e. The van der Waals surface area contributed by atoms with Gasteiger partial charge >= 0.3 is 5.97 Å². The predicted octanol–water partition coefficient (Wildman–Crippen LogP) is 1.10. The SMILES string of the molecule is COC(=O)COc1cccc2c1OCC2CCO. The summed E-state index contributed by atoms with van der Waals surface area (Å²) in [6, 6.07) is 5.56. The molecule has 0 saturated carbocycles. The third kappa shape index (κ3) is 2.56. The molecule has 0 spiro atoms. The number of esters is 1. The molecule has 5 heteroatoms. The van der Waals surface area contributed by atoms with Crippen LogP contribution < -0.4 is 9.47 Å². The van der Waals surface area contributed by atoms with Crippen LogP contribution in [-0.2, 0) is 9.53 Å². The highest BCUT2D eigenvalue weighted by atomic mass is 16.6. The maximum absolute atomic E-state index is 11.0. The predicted molar refractivity (Wildman–Crippen MR) is 63.9 cm³/mol. The summed E-state index contributed by atoms with van der Waals surface area (Å²) in [5, 5.41) is 8.98. The Morgan fingerprint density at radius 1 is 1.56 bits per heavy atom. The zero-order chi connectivity index (χ0) is 13.0. The molecule has 0 radical (unpaired) electrons. The Balaban J connectivity index is 2.12. The Labute approximate surface area is 105 Å². The van der Waals surface area contributed by atoms with Gasteiger partial charge in [0.15, 0.2) is 18.1 Å². The summed E-state index contributed by atoms with van der Waals surface area (Å²) in [5.74, 6) is 0.961. The lowest BCUT2D eigenvalue weighted by Gasteiger charge is -2.09. The smallest absolute Gasteiger partial charge is 0.343 e. The summed E-state index contributed by atoms with van der Waals surface area (Å²) < 4.78 is 15.5. The highest BCUT2D eigenvalue weighted by molar-refractivity contribution is 5.71. The molecule has 1 atom stereocenters. The summed E-state index contributed by atoms with van der Waals surface area (Å²) in [6.07, 6.45) is 0.660. The normalized spacial score (nSPS) is 16.9. The Morgan fingerprint density at radius 2 is 2.39 bits per heavy atom. The van der Waals surface area contributed by atoms with Gasteiger partial charge < -0.3 is 19.3 Å². The Kier molecular flexibility index (Phi) is 4.04. The van der Waals surface area contributed by atoms with Crippen molar-refractivity contribution in [3.8, 4) is 11.5 Å². The lowest BCUT2D eigenvalue weighted by Crippen LogP contribution is -2.12. The van der Waals surface area contributed by atoms with E-state index in [0.29, 0.717) is 24.5 Å². The number of rotatable bonds is 5. The topological polar surface area (TPSA) is 65.0 Å². The van der Waals surface area contributed by atoms with E-state index in [1.165, 1.54) is 7.11 Å². The highest BCUT2D eigenvalue weighted by Crippen LogP contribution is 2.42. The molecule has 18 heavy (non-hydrogen) atoms. The van der Waals surface area contributed by atoms with Gasteiger partial charge in [-0.25, -0.2) is 4.79 Å². The molecule has 0 bridgehead atoms. The van der Waals surface area contributed by atoms with Gasteiger partial charge in [-0.1, -0.05) is 12.1 Å². The standard InChI is InChI=1S/C13H16O5/c1-16-12(15)8-17-11-4-2-3-10-9(5-6-14)7-18-13(10)11/h2-4,9,14H,5-8H2,1H3. The van der Waals surface area contributed by atoms with Crippen LogP contribution in [0.25, 0.3) is 0 Å². The fraction of sp³-hybridized carbons (Fsp3) is 0.462. The van der Waals surface area contributed by atoms with Gasteiger partial charge in [0, 0.05) is 18.1 Å². The first-order valence-electron chi connectivity index (χ1n) is 5.82. The fourth-order valence-corrected chi connectivity index (χ4v) is 1.99. The minimum atomic E-state index is -0.433. The van der Waals surface area contributed by atoms with Crippen molar-refractivity contribution >= 4 is 5.97 Å². The van der Waals surface area contributed by atoms with E-state index in [1.807, 2.05) is 12.1 Å². The summed E-state index contributed by atoms with van der Waals surface area (Å²) >= 11 is 0. The number of ether oxygens (including phenoxy) is 3. The van der Waals surface area contributed by atoms with Crippen molar-refractivity contribution in [1.29, 1.82) is 0 Å². The number of para-hydroxylation sites is 1. The molecule has 0 amide bonds. The Hall–Kier alpha value is -1.75. The first-order valence-corrected chi connectivity index (χ1v) is 5.82. The summed E-state index contributed by atoms with van der Waals surface area (Å²) in [4.78, 5) is 11.0. The van der Waals surface area contributed by atoms with E-state index in [4.69, 9.17) is 14.6 Å². The fourth-order valence-electron chi connectivity index (χ4n) is 1.99. The summed E-state index contributed by atoms with van der Waals surface area (Å²) in [7, 11) is 1.31. The molecule has 0 fully saturated rings. The second-order valence-electron chi connectivity index (χ2n) is 4.06. The van der Waals surface area contributed by atoms with Gasteiger partial charge in [0.25, 0.3) is 0 Å². The van der Waals surface area contributed by atoms with Crippen LogP contribution in [0.3, 0.4) is 0 Å². The number of carbonyl (C=O) groups is 1. The van der Waals surface area contributed by atoms with E-state index in [9.17, 15) is 4.79 Å². The molecular formula is C13H16O5. The summed E-state index contributed by atoms with van der Waals surface area (Å²) in [6.45, 7) is 0.524. The van der Waals surface area contributed by atoms with Crippen molar-refractivity contribution in [3.63, 3.8) is 0 Å². The van der Waals surface area contributed by atoms with Crippen LogP contribution in [0.2, 0.25) is 0 Å². The van der Waals surface area contributed by atoms with E-state index in [-0.39, 0.29) is 19.1 Å². The number of carbonyl (C=O) groups excluding carboxylic acids is 1. The number of benzene rings is 1. The van der Waals surface area contributed by atoms with Crippen molar-refractivity contribution in [3.05, 3.63) is 23.8 Å². The van der Waals surface area contributed by atoms with Crippen LogP contribution in [0, 0.1) is 0 Å². The molecule has 1 heterocycles. The third-order valence-electron chi connectivity index (χ3n) is 2.93. The molecule has 1 aromatic rings. The molecule has 1 aliphatic rings. The molecule has 5 nitrogen and oxygen atoms in total. The van der Waals surface area contributed by atoms with E-state index >= 15 is 0 Å². The Morgan fingerprint density at radius 3 is 3.11 bits per heavy atom. The molecular weight excluding hydrogens is 236 g/mol. The van der Waals surface area contributed by atoms with Crippen LogP contribution in [-0.4, -0.2) is 38.0 Å². The van der Waals surface area contributed by atoms with Crippen LogP contribution in [0.5, 0.6) is 11.5 Å². The van der Waals surface area contributed by atoms with E-state index in [1.54, 1.807) is 6.07 Å². The first-order chi connectivity index (χ1) is 8.76.